The average molecular weight is 333 g/mol. The van der Waals surface area contributed by atoms with E-state index >= 15 is 0 Å². The van der Waals surface area contributed by atoms with Gasteiger partial charge in [-0.1, -0.05) is 36.4 Å². The molecule has 2 aromatic rings. The van der Waals surface area contributed by atoms with Gasteiger partial charge in [0, 0.05) is 6.54 Å². The van der Waals surface area contributed by atoms with Gasteiger partial charge in [0.15, 0.2) is 0 Å². The van der Waals surface area contributed by atoms with Gasteiger partial charge in [0.2, 0.25) is 5.91 Å². The highest BCUT2D eigenvalue weighted by Gasteiger charge is 2.55. The number of nitrogens with one attached hydrogen (secondary N) is 1. The van der Waals surface area contributed by atoms with Crippen LogP contribution in [0.3, 0.4) is 0 Å². The summed E-state index contributed by atoms with van der Waals surface area (Å²) in [7, 11) is 0. The minimum absolute atomic E-state index is 0.0673. The minimum Gasteiger partial charge on any atom is -0.385 e. The lowest BCUT2D eigenvalue weighted by molar-refractivity contribution is -0.125. The number of hydrogen-bond acceptors (Lipinski definition) is 2. The van der Waals surface area contributed by atoms with Gasteiger partial charge in [-0.3, -0.25) is 4.79 Å². The zero-order chi connectivity index (χ0) is 17.2. The van der Waals surface area contributed by atoms with Crippen LogP contribution in [0.2, 0.25) is 0 Å². The molecule has 1 aliphatic heterocycles. The molecule has 2 N–H and O–H groups in total. The van der Waals surface area contributed by atoms with E-state index in [4.69, 9.17) is 0 Å². The summed E-state index contributed by atoms with van der Waals surface area (Å²) in [5, 5.41) is 14.0. The van der Waals surface area contributed by atoms with Crippen molar-refractivity contribution >= 4 is 5.91 Å². The second-order valence-electron chi connectivity index (χ2n) is 8.16. The molecule has 0 aromatic heterocycles. The molecule has 1 saturated carbocycles. The molecule has 3 heteroatoms. The maximum Gasteiger partial charge on any atom is 0.230 e. The Morgan fingerprint density at radius 3 is 2.64 bits per heavy atom. The van der Waals surface area contributed by atoms with Crippen LogP contribution in [0.4, 0.5) is 0 Å². The molecule has 1 amide bonds. The summed E-state index contributed by atoms with van der Waals surface area (Å²) in [6.07, 6.45) is 3.79. The molecular weight excluding hydrogens is 310 g/mol. The molecule has 2 aliphatic carbocycles. The molecule has 5 rings (SSSR count). The van der Waals surface area contributed by atoms with Crippen LogP contribution in [0.15, 0.2) is 42.5 Å². The van der Waals surface area contributed by atoms with Crippen LogP contribution in [-0.2, 0) is 15.8 Å². The Labute approximate surface area is 148 Å². The Hall–Kier alpha value is -2.13. The number of carbonyl (C=O) groups excluding carboxylic acids is 1. The van der Waals surface area contributed by atoms with Crippen molar-refractivity contribution in [2.75, 3.05) is 6.54 Å². The van der Waals surface area contributed by atoms with Crippen molar-refractivity contribution in [3.8, 4) is 11.1 Å². The number of hydrogen-bond donors (Lipinski definition) is 2. The van der Waals surface area contributed by atoms with Crippen LogP contribution in [0.5, 0.6) is 0 Å². The number of carbonyl (C=O) groups is 1. The smallest absolute Gasteiger partial charge is 0.230 e. The predicted molar refractivity (Wildman–Crippen MR) is 97.3 cm³/mol. The first-order valence-electron chi connectivity index (χ1n) is 9.26. The SMILES string of the molecule is CC1(O)CC2(CCNC2=O)c2ccc(-c3ccccc3C3CC3)cc21. The van der Waals surface area contributed by atoms with Gasteiger partial charge >= 0.3 is 0 Å². The fraction of sp³-hybridized carbons (Fsp3) is 0.409. The molecule has 0 bridgehead atoms. The third kappa shape index (κ3) is 2.12. The van der Waals surface area contributed by atoms with Gasteiger partial charge in [0.25, 0.3) is 0 Å². The Bertz CT molecular complexity index is 881. The van der Waals surface area contributed by atoms with E-state index in [0.717, 1.165) is 23.1 Å². The molecule has 25 heavy (non-hydrogen) atoms. The van der Waals surface area contributed by atoms with Gasteiger partial charge in [-0.2, -0.15) is 0 Å². The Morgan fingerprint density at radius 2 is 1.92 bits per heavy atom. The van der Waals surface area contributed by atoms with Crippen molar-refractivity contribution in [3.05, 3.63) is 59.2 Å². The van der Waals surface area contributed by atoms with Crippen LogP contribution in [0.25, 0.3) is 11.1 Å². The van der Waals surface area contributed by atoms with Gasteiger partial charge in [-0.15, -0.1) is 0 Å². The fourth-order valence-electron chi connectivity index (χ4n) is 4.96. The van der Waals surface area contributed by atoms with Gasteiger partial charge in [-0.25, -0.2) is 0 Å². The first-order chi connectivity index (χ1) is 12.0. The molecule has 2 unspecified atom stereocenters. The van der Waals surface area contributed by atoms with Gasteiger partial charge in [-0.05, 0) is 72.4 Å². The third-order valence-corrected chi connectivity index (χ3v) is 6.32. The molecule has 2 aromatic carbocycles. The van der Waals surface area contributed by atoms with Crippen LogP contribution in [0, 0.1) is 0 Å². The normalized spacial score (nSPS) is 30.6. The van der Waals surface area contributed by atoms with Crippen molar-refractivity contribution in [1.82, 2.24) is 5.32 Å². The summed E-state index contributed by atoms with van der Waals surface area (Å²) in [4.78, 5) is 12.5. The van der Waals surface area contributed by atoms with E-state index in [2.05, 4.69) is 47.8 Å². The zero-order valence-corrected chi connectivity index (χ0v) is 14.5. The van der Waals surface area contributed by atoms with E-state index < -0.39 is 11.0 Å². The maximum absolute atomic E-state index is 12.5. The lowest BCUT2D eigenvalue weighted by Crippen LogP contribution is -2.35. The lowest BCUT2D eigenvalue weighted by atomic mass is 9.79. The van der Waals surface area contributed by atoms with E-state index in [1.807, 2.05) is 6.92 Å². The quantitative estimate of drug-likeness (QED) is 0.882. The van der Waals surface area contributed by atoms with E-state index in [1.54, 1.807) is 0 Å². The van der Waals surface area contributed by atoms with Crippen molar-refractivity contribution in [2.45, 2.75) is 49.5 Å². The Balaban J connectivity index is 1.66. The summed E-state index contributed by atoms with van der Waals surface area (Å²) < 4.78 is 0. The molecule has 3 aliphatic rings. The van der Waals surface area contributed by atoms with E-state index in [0.29, 0.717) is 18.9 Å². The van der Waals surface area contributed by atoms with Crippen LogP contribution < -0.4 is 5.32 Å². The fourth-order valence-corrected chi connectivity index (χ4v) is 4.96. The number of aliphatic hydroxyl groups is 1. The number of fused-ring (bicyclic) bond motifs is 2. The molecule has 2 fully saturated rings. The standard InChI is InChI=1S/C22H23NO2/c1-21(25)13-22(10-11-23-20(22)24)18-9-8-15(12-19(18)21)17-5-3-2-4-16(17)14-6-7-14/h2-5,8-9,12,14,25H,6-7,10-11,13H2,1H3,(H,23,24). The molecule has 3 nitrogen and oxygen atoms in total. The lowest BCUT2D eigenvalue weighted by Gasteiger charge is -2.23. The molecule has 1 saturated heterocycles. The molecule has 128 valence electrons. The van der Waals surface area contributed by atoms with Crippen molar-refractivity contribution < 1.29 is 9.90 Å². The summed E-state index contributed by atoms with van der Waals surface area (Å²) in [5.41, 5.74) is 4.26. The van der Waals surface area contributed by atoms with E-state index in [1.165, 1.54) is 24.0 Å². The van der Waals surface area contributed by atoms with Crippen molar-refractivity contribution in [1.29, 1.82) is 0 Å². The summed E-state index contributed by atoms with van der Waals surface area (Å²) in [6.45, 7) is 2.55. The zero-order valence-electron chi connectivity index (χ0n) is 14.5. The second kappa shape index (κ2) is 4.95. The predicted octanol–water partition coefficient (Wildman–Crippen LogP) is 3.60. The monoisotopic (exact) mass is 333 g/mol. The molecule has 2 atom stereocenters. The van der Waals surface area contributed by atoms with Crippen molar-refractivity contribution in [3.63, 3.8) is 0 Å². The first kappa shape index (κ1) is 15.2. The van der Waals surface area contributed by atoms with Gasteiger partial charge < -0.3 is 10.4 Å². The maximum atomic E-state index is 12.5. The van der Waals surface area contributed by atoms with E-state index in [9.17, 15) is 9.90 Å². The van der Waals surface area contributed by atoms with Crippen LogP contribution in [0.1, 0.15) is 55.2 Å². The van der Waals surface area contributed by atoms with Crippen molar-refractivity contribution in [2.24, 2.45) is 0 Å². The topological polar surface area (TPSA) is 49.3 Å². The van der Waals surface area contributed by atoms with Gasteiger partial charge in [0.05, 0.1) is 11.0 Å². The minimum atomic E-state index is -0.957. The Kier molecular flexibility index (Phi) is 3.00. The highest BCUT2D eigenvalue weighted by atomic mass is 16.3. The second-order valence-corrected chi connectivity index (χ2v) is 8.16. The molecule has 1 heterocycles. The highest BCUT2D eigenvalue weighted by Crippen LogP contribution is 2.53. The summed E-state index contributed by atoms with van der Waals surface area (Å²) in [5.74, 6) is 0.745. The Morgan fingerprint density at radius 1 is 1.12 bits per heavy atom. The third-order valence-electron chi connectivity index (χ3n) is 6.32. The van der Waals surface area contributed by atoms with Gasteiger partial charge in [0.1, 0.15) is 0 Å². The average Bonchev–Trinajstić information content (AvgIpc) is 3.35. The van der Waals surface area contributed by atoms with Crippen LogP contribution >= 0.6 is 0 Å². The molecule has 0 radical (unpaired) electrons. The highest BCUT2D eigenvalue weighted by molar-refractivity contribution is 5.92. The number of benzene rings is 2. The van der Waals surface area contributed by atoms with E-state index in [-0.39, 0.29) is 5.91 Å². The largest absolute Gasteiger partial charge is 0.385 e. The summed E-state index contributed by atoms with van der Waals surface area (Å²) >= 11 is 0. The number of rotatable bonds is 2. The molecular formula is C22H23NO2. The first-order valence-corrected chi connectivity index (χ1v) is 9.26. The number of amides is 1. The van der Waals surface area contributed by atoms with Crippen LogP contribution in [-0.4, -0.2) is 17.6 Å². The molecule has 1 spiro atoms. The summed E-state index contributed by atoms with van der Waals surface area (Å²) in [6, 6.07) is 14.9.